The molecule has 0 aliphatic rings. The van der Waals surface area contributed by atoms with Gasteiger partial charge in [-0.25, -0.2) is 8.78 Å². The van der Waals surface area contributed by atoms with Crippen LogP contribution in [-0.2, 0) is 4.12 Å². The Morgan fingerprint density at radius 2 is 1.75 bits per heavy atom. The second-order valence-corrected chi connectivity index (χ2v) is 3.71. The summed E-state index contributed by atoms with van der Waals surface area (Å²) in [7, 11) is 10.8. The van der Waals surface area contributed by atoms with Gasteiger partial charge >= 0.3 is 0 Å². The number of rotatable bonds is 1. The van der Waals surface area contributed by atoms with Gasteiger partial charge in [-0.2, -0.15) is 0 Å². The summed E-state index contributed by atoms with van der Waals surface area (Å²) >= 11 is 2.91. The summed E-state index contributed by atoms with van der Waals surface area (Å²) in [6.45, 7) is 0. The fourth-order valence-electron chi connectivity index (χ4n) is 0.734. The molecule has 0 amide bonds. The molecule has 5 heteroatoms. The van der Waals surface area contributed by atoms with Crippen LogP contribution in [0.1, 0.15) is 5.56 Å². The first kappa shape index (κ1) is 9.78. The van der Waals surface area contributed by atoms with Crippen molar-refractivity contribution in [3.05, 3.63) is 35.4 Å². The molecule has 0 aliphatic heterocycles. The maximum atomic E-state index is 12.6. The molecule has 1 aromatic rings. The molecule has 0 atom stereocenters. The summed E-state index contributed by atoms with van der Waals surface area (Å²) in [5.41, 5.74) is 0.279. The highest BCUT2D eigenvalue weighted by atomic mass is 79.9. The molecule has 0 heterocycles. The third-order valence-electron chi connectivity index (χ3n) is 1.36. The van der Waals surface area contributed by atoms with E-state index in [1.807, 2.05) is 0 Å². The Labute approximate surface area is 80.3 Å². The fourth-order valence-corrected chi connectivity index (χ4v) is 0.981. The zero-order valence-electron chi connectivity index (χ0n) is 6.02. The van der Waals surface area contributed by atoms with Gasteiger partial charge in [0.05, 0.1) is 15.7 Å². The van der Waals surface area contributed by atoms with Crippen molar-refractivity contribution in [1.82, 2.24) is 0 Å². The summed E-state index contributed by atoms with van der Waals surface area (Å²) in [5, 5.41) is 0. The Bertz CT molecular complexity index is 296. The highest BCUT2D eigenvalue weighted by Crippen LogP contribution is 2.24. The minimum Gasteiger partial charge on any atom is -0.204 e. The molecule has 12 heavy (non-hydrogen) atoms. The van der Waals surface area contributed by atoms with Gasteiger partial charge < -0.3 is 0 Å². The molecule has 0 fully saturated rings. The van der Waals surface area contributed by atoms with E-state index in [9.17, 15) is 8.78 Å². The standard InChI is InChI=1S/C7H3B2BrF2/c8-7(9,10)4-1-2-5(11)6(12)3-4/h1-3H. The second kappa shape index (κ2) is 3.21. The molecular weight excluding hydrogens is 224 g/mol. The Kier molecular flexibility index (Phi) is 2.61. The minimum atomic E-state index is -1.32. The largest absolute Gasteiger partial charge is 0.204 e. The van der Waals surface area contributed by atoms with Crippen molar-refractivity contribution in [2.45, 2.75) is 4.12 Å². The van der Waals surface area contributed by atoms with Gasteiger partial charge in [0.2, 0.25) is 0 Å². The van der Waals surface area contributed by atoms with Crippen LogP contribution in [0.3, 0.4) is 0 Å². The van der Waals surface area contributed by atoms with Crippen LogP contribution in [0.2, 0.25) is 0 Å². The van der Waals surface area contributed by atoms with Gasteiger partial charge in [-0.1, -0.05) is 6.07 Å². The van der Waals surface area contributed by atoms with Crippen LogP contribution >= 0.6 is 15.9 Å². The van der Waals surface area contributed by atoms with Crippen LogP contribution in [0.15, 0.2) is 18.2 Å². The molecule has 58 valence electrons. The Morgan fingerprint density at radius 3 is 2.17 bits per heavy atom. The average molecular weight is 227 g/mol. The zero-order chi connectivity index (χ0) is 9.35. The molecule has 1 rings (SSSR count). The fraction of sp³-hybridized carbons (Fsp3) is 0.143. The first-order valence-corrected chi connectivity index (χ1v) is 3.93. The Hall–Kier alpha value is -0.310. The highest BCUT2D eigenvalue weighted by molar-refractivity contribution is 9.10. The number of halogens is 3. The van der Waals surface area contributed by atoms with Crippen LogP contribution < -0.4 is 0 Å². The smallest absolute Gasteiger partial charge is 0.159 e. The van der Waals surface area contributed by atoms with Crippen LogP contribution in [0, 0.1) is 11.6 Å². The van der Waals surface area contributed by atoms with E-state index in [0.29, 0.717) is 0 Å². The summed E-state index contributed by atoms with van der Waals surface area (Å²) in [6.07, 6.45) is 0. The van der Waals surface area contributed by atoms with Crippen LogP contribution in [-0.4, -0.2) is 15.7 Å². The van der Waals surface area contributed by atoms with E-state index < -0.39 is 15.8 Å². The molecule has 0 N–H and O–H groups in total. The summed E-state index contributed by atoms with van der Waals surface area (Å²) in [4.78, 5) is 0. The number of benzene rings is 1. The van der Waals surface area contributed by atoms with Gasteiger partial charge in [0, 0.05) is 0 Å². The van der Waals surface area contributed by atoms with E-state index in [1.54, 1.807) is 0 Å². The van der Waals surface area contributed by atoms with Crippen LogP contribution in [0.25, 0.3) is 0 Å². The molecule has 0 aromatic heterocycles. The number of alkyl halides is 1. The lowest BCUT2D eigenvalue weighted by atomic mass is 9.66. The zero-order valence-corrected chi connectivity index (χ0v) is 7.61. The molecule has 1 aromatic carbocycles. The van der Waals surface area contributed by atoms with Crippen molar-refractivity contribution in [3.63, 3.8) is 0 Å². The van der Waals surface area contributed by atoms with E-state index in [0.717, 1.165) is 12.1 Å². The van der Waals surface area contributed by atoms with E-state index >= 15 is 0 Å². The van der Waals surface area contributed by atoms with Crippen molar-refractivity contribution >= 4 is 31.6 Å². The second-order valence-electron chi connectivity index (χ2n) is 2.40. The van der Waals surface area contributed by atoms with E-state index in [4.69, 9.17) is 15.7 Å². The predicted octanol–water partition coefficient (Wildman–Crippen LogP) is 1.81. The Morgan fingerprint density at radius 1 is 1.17 bits per heavy atom. The first-order chi connectivity index (χ1) is 5.41. The quantitative estimate of drug-likeness (QED) is 0.506. The average Bonchev–Trinajstić information content (AvgIpc) is 1.92. The van der Waals surface area contributed by atoms with E-state index in [-0.39, 0.29) is 5.56 Å². The normalized spacial score (nSPS) is 11.6. The molecule has 4 radical (unpaired) electrons. The highest BCUT2D eigenvalue weighted by Gasteiger charge is 2.16. The number of hydrogen-bond acceptors (Lipinski definition) is 0. The number of hydrogen-bond donors (Lipinski definition) is 0. The predicted molar refractivity (Wildman–Crippen MR) is 48.5 cm³/mol. The molecule has 0 saturated carbocycles. The summed E-state index contributed by atoms with van der Waals surface area (Å²) < 4.78 is 23.7. The Balaban J connectivity index is 3.14. The lowest BCUT2D eigenvalue weighted by molar-refractivity contribution is 0.507. The van der Waals surface area contributed by atoms with Gasteiger partial charge in [-0.3, -0.25) is 0 Å². The van der Waals surface area contributed by atoms with Gasteiger partial charge in [-0.05, 0) is 21.8 Å². The molecule has 0 spiro atoms. The maximum absolute atomic E-state index is 12.6. The molecule has 0 unspecified atom stereocenters. The molecule has 0 nitrogen and oxygen atoms in total. The monoisotopic (exact) mass is 226 g/mol. The minimum absolute atomic E-state index is 0.279. The van der Waals surface area contributed by atoms with E-state index in [2.05, 4.69) is 15.9 Å². The van der Waals surface area contributed by atoms with Crippen LogP contribution in [0.4, 0.5) is 8.78 Å². The lowest BCUT2D eigenvalue weighted by Crippen LogP contribution is -2.17. The lowest BCUT2D eigenvalue weighted by Gasteiger charge is -2.17. The van der Waals surface area contributed by atoms with Crippen molar-refractivity contribution in [3.8, 4) is 0 Å². The van der Waals surface area contributed by atoms with Crippen molar-refractivity contribution in [2.75, 3.05) is 0 Å². The van der Waals surface area contributed by atoms with Crippen molar-refractivity contribution in [1.29, 1.82) is 0 Å². The van der Waals surface area contributed by atoms with Gasteiger partial charge in [0.15, 0.2) is 11.6 Å². The van der Waals surface area contributed by atoms with Crippen LogP contribution in [0.5, 0.6) is 0 Å². The third-order valence-corrected chi connectivity index (χ3v) is 1.82. The molecule has 0 saturated heterocycles. The summed E-state index contributed by atoms with van der Waals surface area (Å²) in [5.74, 6) is -1.89. The first-order valence-electron chi connectivity index (χ1n) is 3.13. The van der Waals surface area contributed by atoms with Crippen molar-refractivity contribution < 1.29 is 8.78 Å². The molecule has 0 aliphatic carbocycles. The van der Waals surface area contributed by atoms with Gasteiger partial charge in [0.25, 0.3) is 0 Å². The molecular formula is C7H3B2BrF2. The van der Waals surface area contributed by atoms with Gasteiger partial charge in [0.1, 0.15) is 0 Å². The third kappa shape index (κ3) is 2.09. The SMILES string of the molecule is [B]C([B])(Br)c1ccc(F)c(F)c1. The molecule has 0 bridgehead atoms. The van der Waals surface area contributed by atoms with Crippen molar-refractivity contribution in [2.24, 2.45) is 0 Å². The summed E-state index contributed by atoms with van der Waals surface area (Å²) in [6, 6.07) is 3.23. The topological polar surface area (TPSA) is 0 Å². The maximum Gasteiger partial charge on any atom is 0.159 e. The van der Waals surface area contributed by atoms with E-state index in [1.165, 1.54) is 6.07 Å². The van der Waals surface area contributed by atoms with Gasteiger partial charge in [-0.15, -0.1) is 15.9 Å².